The molecule has 3 aliphatic heterocycles. The van der Waals surface area contributed by atoms with Crippen molar-refractivity contribution >= 4 is 51.3 Å². The predicted molar refractivity (Wildman–Crippen MR) is 108 cm³/mol. The second-order valence-corrected chi connectivity index (χ2v) is 9.08. The van der Waals surface area contributed by atoms with Crippen molar-refractivity contribution in [2.75, 3.05) is 13.1 Å². The normalized spacial score (nSPS) is 27.1. The minimum Gasteiger partial charge on any atom is -0.346 e. The van der Waals surface area contributed by atoms with E-state index in [0.717, 1.165) is 38.6 Å². The van der Waals surface area contributed by atoms with Crippen molar-refractivity contribution in [3.05, 3.63) is 33.7 Å². The molecule has 0 aliphatic carbocycles. The number of carbonyl (C=O) groups excluding carboxylic acids is 1. The van der Waals surface area contributed by atoms with Crippen LogP contribution in [0.3, 0.4) is 0 Å². The first-order chi connectivity index (χ1) is 11.4. The van der Waals surface area contributed by atoms with Crippen molar-refractivity contribution in [2.24, 2.45) is 5.92 Å². The lowest BCUT2D eigenvalue weighted by Gasteiger charge is -2.56. The number of aryl methyl sites for hydroxylation is 1. The van der Waals surface area contributed by atoms with Crippen LogP contribution >= 0.6 is 35.3 Å². The fourth-order valence-electron chi connectivity index (χ4n) is 4.37. The van der Waals surface area contributed by atoms with Gasteiger partial charge >= 0.3 is 0 Å². The molecule has 0 spiro atoms. The Kier molecular flexibility index (Phi) is 5.11. The van der Waals surface area contributed by atoms with Crippen molar-refractivity contribution in [1.29, 1.82) is 0 Å². The lowest BCUT2D eigenvalue weighted by molar-refractivity contribution is -0.0377. The molecule has 5 rings (SSSR count). The largest absolute Gasteiger partial charge is 0.346 e. The minimum atomic E-state index is 0. The van der Waals surface area contributed by atoms with Gasteiger partial charge in [0.1, 0.15) is 0 Å². The number of amides is 1. The molecule has 1 amide bonds. The summed E-state index contributed by atoms with van der Waals surface area (Å²) in [4.78, 5) is 16.2. The standard InChI is InChI=1S/C19H23ClN2OS.ClH/c1-11-4-5-13-10-14(24-16(13)15(11)20)18(23)21-17-12-6-8-22(9-7-12)19(17,2)3;/h4-5,10,12,17H,6-9H2,1-3H3,(H,21,23);1H. The van der Waals surface area contributed by atoms with Crippen LogP contribution in [-0.2, 0) is 0 Å². The highest BCUT2D eigenvalue weighted by Gasteiger charge is 2.48. The van der Waals surface area contributed by atoms with Gasteiger partial charge in [0.05, 0.1) is 14.6 Å². The fraction of sp³-hybridized carbons (Fsp3) is 0.526. The van der Waals surface area contributed by atoms with Gasteiger partial charge < -0.3 is 5.32 Å². The van der Waals surface area contributed by atoms with Crippen LogP contribution in [0, 0.1) is 12.8 Å². The molecule has 1 aromatic heterocycles. The summed E-state index contributed by atoms with van der Waals surface area (Å²) < 4.78 is 1.01. The summed E-state index contributed by atoms with van der Waals surface area (Å²) >= 11 is 7.90. The lowest BCUT2D eigenvalue weighted by atomic mass is 9.72. The molecular formula is C19H24Cl2N2OS. The molecule has 2 aromatic rings. The summed E-state index contributed by atoms with van der Waals surface area (Å²) in [6.45, 7) is 8.82. The molecule has 25 heavy (non-hydrogen) atoms. The Labute approximate surface area is 164 Å². The highest BCUT2D eigenvalue weighted by molar-refractivity contribution is 7.21. The molecule has 2 bridgehead atoms. The smallest absolute Gasteiger partial charge is 0.261 e. The summed E-state index contributed by atoms with van der Waals surface area (Å²) in [7, 11) is 0. The molecular weight excluding hydrogens is 375 g/mol. The number of thiophene rings is 1. The molecule has 4 heterocycles. The third kappa shape index (κ3) is 3.08. The van der Waals surface area contributed by atoms with Crippen LogP contribution in [0.25, 0.3) is 10.1 Å². The van der Waals surface area contributed by atoms with E-state index in [-0.39, 0.29) is 29.9 Å². The summed E-state index contributed by atoms with van der Waals surface area (Å²) in [6, 6.07) is 6.24. The maximum Gasteiger partial charge on any atom is 0.261 e. The summed E-state index contributed by atoms with van der Waals surface area (Å²) in [5, 5.41) is 5.15. The van der Waals surface area contributed by atoms with E-state index in [2.05, 4.69) is 24.1 Å². The van der Waals surface area contributed by atoms with Gasteiger partial charge in [-0.2, -0.15) is 0 Å². The van der Waals surface area contributed by atoms with E-state index < -0.39 is 0 Å². The van der Waals surface area contributed by atoms with Gasteiger partial charge in [-0.3, -0.25) is 9.69 Å². The Bertz CT molecular complexity index is 809. The number of nitrogens with one attached hydrogen (secondary N) is 1. The van der Waals surface area contributed by atoms with Gasteiger partial charge in [0.15, 0.2) is 0 Å². The minimum absolute atomic E-state index is 0. The van der Waals surface area contributed by atoms with Gasteiger partial charge in [-0.25, -0.2) is 0 Å². The second kappa shape index (κ2) is 6.73. The number of hydrogen-bond acceptors (Lipinski definition) is 3. The second-order valence-electron chi connectivity index (χ2n) is 7.65. The van der Waals surface area contributed by atoms with E-state index in [9.17, 15) is 4.79 Å². The maximum atomic E-state index is 12.9. The van der Waals surface area contributed by atoms with Gasteiger partial charge in [0.2, 0.25) is 0 Å². The predicted octanol–water partition coefficient (Wildman–Crippen LogP) is 4.89. The first kappa shape index (κ1) is 19.0. The zero-order valence-electron chi connectivity index (χ0n) is 14.8. The van der Waals surface area contributed by atoms with Gasteiger partial charge in [0, 0.05) is 11.6 Å². The summed E-state index contributed by atoms with van der Waals surface area (Å²) in [6.07, 6.45) is 2.37. The topological polar surface area (TPSA) is 32.3 Å². The van der Waals surface area contributed by atoms with E-state index in [4.69, 9.17) is 11.6 Å². The molecule has 1 aromatic carbocycles. The van der Waals surface area contributed by atoms with Crippen molar-refractivity contribution in [3.8, 4) is 0 Å². The van der Waals surface area contributed by atoms with Gasteiger partial charge in [0.25, 0.3) is 5.91 Å². The zero-order valence-corrected chi connectivity index (χ0v) is 17.2. The van der Waals surface area contributed by atoms with Crippen molar-refractivity contribution < 1.29 is 4.79 Å². The number of piperidine rings is 3. The molecule has 1 unspecified atom stereocenters. The van der Waals surface area contributed by atoms with Crippen LogP contribution in [0.5, 0.6) is 0 Å². The molecule has 1 N–H and O–H groups in total. The first-order valence-corrected chi connectivity index (χ1v) is 9.82. The molecule has 1 atom stereocenters. The number of benzene rings is 1. The van der Waals surface area contributed by atoms with Crippen LogP contribution in [0.2, 0.25) is 5.02 Å². The molecule has 6 heteroatoms. The van der Waals surface area contributed by atoms with Gasteiger partial charge in [-0.05, 0) is 69.6 Å². The monoisotopic (exact) mass is 398 g/mol. The molecule has 0 radical (unpaired) electrons. The summed E-state index contributed by atoms with van der Waals surface area (Å²) in [5.74, 6) is 0.630. The number of carbonyl (C=O) groups is 1. The van der Waals surface area contributed by atoms with E-state index in [1.54, 1.807) is 0 Å². The van der Waals surface area contributed by atoms with E-state index >= 15 is 0 Å². The van der Waals surface area contributed by atoms with Crippen LogP contribution < -0.4 is 5.32 Å². The highest BCUT2D eigenvalue weighted by Crippen LogP contribution is 2.39. The molecule has 136 valence electrons. The summed E-state index contributed by atoms with van der Waals surface area (Å²) in [5.41, 5.74) is 1.08. The quantitative estimate of drug-likeness (QED) is 0.780. The third-order valence-corrected chi connectivity index (χ3v) is 7.68. The number of rotatable bonds is 2. The third-order valence-electron chi connectivity index (χ3n) is 5.92. The average Bonchev–Trinajstić information content (AvgIpc) is 3.00. The highest BCUT2D eigenvalue weighted by atomic mass is 35.5. The Morgan fingerprint density at radius 3 is 2.64 bits per heavy atom. The van der Waals surface area contributed by atoms with Crippen molar-refractivity contribution in [3.63, 3.8) is 0 Å². The van der Waals surface area contributed by atoms with Crippen LogP contribution in [0.1, 0.15) is 41.9 Å². The fourth-order valence-corrected chi connectivity index (χ4v) is 5.71. The first-order valence-electron chi connectivity index (χ1n) is 8.62. The van der Waals surface area contributed by atoms with Crippen molar-refractivity contribution in [1.82, 2.24) is 10.2 Å². The van der Waals surface area contributed by atoms with Crippen LogP contribution in [-0.4, -0.2) is 35.5 Å². The zero-order chi connectivity index (χ0) is 17.1. The van der Waals surface area contributed by atoms with Crippen molar-refractivity contribution in [2.45, 2.75) is 45.2 Å². The number of nitrogens with zero attached hydrogens (tertiary/aromatic N) is 1. The Hall–Kier alpha value is -0.810. The SMILES string of the molecule is Cc1ccc2cc(C(=O)NC3C4CCN(CC4)C3(C)C)sc2c1Cl.Cl. The Balaban J connectivity index is 0.00000182. The molecule has 3 fully saturated rings. The van der Waals surface area contributed by atoms with Crippen LogP contribution in [0.15, 0.2) is 18.2 Å². The lowest BCUT2D eigenvalue weighted by Crippen LogP contribution is -2.69. The maximum absolute atomic E-state index is 12.9. The number of halogens is 2. The van der Waals surface area contributed by atoms with E-state index in [0.29, 0.717) is 5.92 Å². The average molecular weight is 399 g/mol. The molecule has 0 saturated carbocycles. The Morgan fingerprint density at radius 1 is 1.32 bits per heavy atom. The van der Waals surface area contributed by atoms with Gasteiger partial charge in [-0.15, -0.1) is 23.7 Å². The Morgan fingerprint density at radius 2 is 2.00 bits per heavy atom. The van der Waals surface area contributed by atoms with E-state index in [1.165, 1.54) is 24.2 Å². The van der Waals surface area contributed by atoms with Gasteiger partial charge in [-0.1, -0.05) is 23.7 Å². The number of hydrogen-bond donors (Lipinski definition) is 1. The van der Waals surface area contributed by atoms with E-state index in [1.807, 2.05) is 25.1 Å². The molecule has 3 aliphatic rings. The van der Waals surface area contributed by atoms with Crippen LogP contribution in [0.4, 0.5) is 0 Å². The molecule has 3 nitrogen and oxygen atoms in total. The molecule has 3 saturated heterocycles. The number of fused-ring (bicyclic) bond motifs is 4.